The zero-order valence-electron chi connectivity index (χ0n) is 11.5. The Morgan fingerprint density at radius 2 is 1.90 bits per heavy atom. The topological polar surface area (TPSA) is 24.9 Å². The lowest BCUT2D eigenvalue weighted by molar-refractivity contribution is 0.416. The van der Waals surface area contributed by atoms with Gasteiger partial charge in [0, 0.05) is 28.6 Å². The molecule has 0 saturated heterocycles. The van der Waals surface area contributed by atoms with Crippen LogP contribution >= 0.6 is 15.9 Å². The van der Waals surface area contributed by atoms with Gasteiger partial charge < -0.3 is 5.32 Å². The van der Waals surface area contributed by atoms with Crippen LogP contribution in [0.15, 0.2) is 34.9 Å². The normalized spacial score (nSPS) is 18.9. The maximum atomic E-state index is 4.57. The van der Waals surface area contributed by atoms with E-state index in [9.17, 15) is 0 Å². The van der Waals surface area contributed by atoms with Gasteiger partial charge >= 0.3 is 0 Å². The summed E-state index contributed by atoms with van der Waals surface area (Å²) < 4.78 is 1.13. The fourth-order valence-corrected chi connectivity index (χ4v) is 3.65. The Bertz CT molecular complexity index is 620. The summed E-state index contributed by atoms with van der Waals surface area (Å²) >= 11 is 3.62. The maximum Gasteiger partial charge on any atom is 0.0758 e. The van der Waals surface area contributed by atoms with Gasteiger partial charge in [0.05, 0.1) is 5.52 Å². The first-order chi connectivity index (χ1) is 9.83. The van der Waals surface area contributed by atoms with Crippen LogP contribution in [0, 0.1) is 11.8 Å². The van der Waals surface area contributed by atoms with Crippen molar-refractivity contribution in [3.05, 3.63) is 40.5 Å². The average molecular weight is 331 g/mol. The maximum absolute atomic E-state index is 4.57. The van der Waals surface area contributed by atoms with E-state index in [2.05, 4.69) is 44.4 Å². The van der Waals surface area contributed by atoms with Gasteiger partial charge in [-0.2, -0.15) is 0 Å². The first-order valence-electron chi connectivity index (χ1n) is 7.58. The van der Waals surface area contributed by atoms with Crippen molar-refractivity contribution in [2.45, 2.75) is 38.3 Å². The zero-order valence-corrected chi connectivity index (χ0v) is 13.1. The molecule has 1 aromatic heterocycles. The molecular formula is C17H19BrN2. The lowest BCUT2D eigenvalue weighted by Gasteiger charge is -2.18. The molecule has 0 bridgehead atoms. The van der Waals surface area contributed by atoms with Crippen LogP contribution in [0.3, 0.4) is 0 Å². The number of fused-ring (bicyclic) bond motifs is 1. The zero-order chi connectivity index (χ0) is 13.5. The molecule has 2 aliphatic carbocycles. The molecule has 1 N–H and O–H groups in total. The molecule has 2 aromatic rings. The Morgan fingerprint density at radius 3 is 2.60 bits per heavy atom. The van der Waals surface area contributed by atoms with Gasteiger partial charge in [0.2, 0.25) is 0 Å². The van der Waals surface area contributed by atoms with Crippen LogP contribution in [0.5, 0.6) is 0 Å². The minimum absolute atomic E-state index is 0.748. The number of nitrogens with zero attached hydrogens (tertiary/aromatic N) is 1. The molecule has 104 valence electrons. The largest absolute Gasteiger partial charge is 0.309 e. The van der Waals surface area contributed by atoms with E-state index in [0.717, 1.165) is 34.4 Å². The van der Waals surface area contributed by atoms with Crippen LogP contribution in [-0.4, -0.2) is 11.0 Å². The van der Waals surface area contributed by atoms with Crippen LogP contribution in [-0.2, 0) is 6.54 Å². The molecule has 2 saturated carbocycles. The summed E-state index contributed by atoms with van der Waals surface area (Å²) in [5.74, 6) is 1.88. The second kappa shape index (κ2) is 5.12. The summed E-state index contributed by atoms with van der Waals surface area (Å²) in [5.41, 5.74) is 2.44. The number of rotatable bonds is 5. The highest BCUT2D eigenvalue weighted by atomic mass is 79.9. The summed E-state index contributed by atoms with van der Waals surface area (Å²) in [5, 5.41) is 5.03. The van der Waals surface area contributed by atoms with Crippen LogP contribution in [0.1, 0.15) is 31.2 Å². The predicted octanol–water partition coefficient (Wildman–Crippen LogP) is 4.28. The molecule has 0 atom stereocenters. The molecular weight excluding hydrogens is 312 g/mol. The minimum Gasteiger partial charge on any atom is -0.309 e. The van der Waals surface area contributed by atoms with E-state index < -0.39 is 0 Å². The third-order valence-electron chi connectivity index (χ3n) is 4.59. The van der Waals surface area contributed by atoms with Gasteiger partial charge in [-0.15, -0.1) is 0 Å². The van der Waals surface area contributed by atoms with Crippen molar-refractivity contribution >= 4 is 26.8 Å². The van der Waals surface area contributed by atoms with Crippen molar-refractivity contribution in [1.29, 1.82) is 0 Å². The van der Waals surface area contributed by atoms with E-state index >= 15 is 0 Å². The highest BCUT2D eigenvalue weighted by molar-refractivity contribution is 9.10. The number of nitrogens with one attached hydrogen (secondary N) is 1. The molecule has 4 rings (SSSR count). The number of hydrogen-bond acceptors (Lipinski definition) is 2. The van der Waals surface area contributed by atoms with E-state index in [1.165, 1.54) is 36.6 Å². The van der Waals surface area contributed by atoms with E-state index in [-0.39, 0.29) is 0 Å². The smallest absolute Gasteiger partial charge is 0.0758 e. The van der Waals surface area contributed by atoms with Crippen molar-refractivity contribution < 1.29 is 0 Å². The molecule has 1 aromatic carbocycles. The van der Waals surface area contributed by atoms with E-state index in [1.54, 1.807) is 0 Å². The Kier molecular flexibility index (Phi) is 3.27. The molecule has 0 amide bonds. The second-order valence-corrected chi connectivity index (χ2v) is 7.04. The van der Waals surface area contributed by atoms with Crippen molar-refractivity contribution in [2.24, 2.45) is 11.8 Å². The molecule has 2 nitrogen and oxygen atoms in total. The molecule has 2 fully saturated rings. The molecule has 1 heterocycles. The Hall–Kier alpha value is -0.930. The van der Waals surface area contributed by atoms with Gasteiger partial charge in [-0.1, -0.05) is 28.1 Å². The second-order valence-electron chi connectivity index (χ2n) is 6.19. The first-order valence-corrected chi connectivity index (χ1v) is 8.38. The van der Waals surface area contributed by atoms with E-state index in [1.807, 2.05) is 12.3 Å². The lowest BCUT2D eigenvalue weighted by Crippen LogP contribution is -2.32. The van der Waals surface area contributed by atoms with Crippen LogP contribution in [0.2, 0.25) is 0 Å². The van der Waals surface area contributed by atoms with Crippen LogP contribution in [0.25, 0.3) is 10.9 Å². The summed E-state index contributed by atoms with van der Waals surface area (Å²) in [7, 11) is 0. The average Bonchev–Trinajstić information content (AvgIpc) is 3.36. The SMILES string of the molecule is Brc1ccc(CNC(C2CC2)C2CC2)c2ncccc12. The monoisotopic (exact) mass is 330 g/mol. The van der Waals surface area contributed by atoms with Crippen molar-refractivity contribution in [1.82, 2.24) is 10.3 Å². The highest BCUT2D eigenvalue weighted by Crippen LogP contribution is 2.44. The number of pyridine rings is 1. The van der Waals surface area contributed by atoms with Crippen molar-refractivity contribution in [3.8, 4) is 0 Å². The number of halogens is 1. The fraction of sp³-hybridized carbons (Fsp3) is 0.471. The van der Waals surface area contributed by atoms with Gasteiger partial charge in [0.1, 0.15) is 0 Å². The van der Waals surface area contributed by atoms with Crippen LogP contribution < -0.4 is 5.32 Å². The summed E-state index contributed by atoms with van der Waals surface area (Å²) in [6, 6.07) is 9.22. The lowest BCUT2D eigenvalue weighted by atomic mass is 10.1. The standard InChI is InChI=1S/C17H19BrN2/c18-15-8-7-13(17-14(15)2-1-9-19-17)10-20-16(11-3-4-11)12-5-6-12/h1-2,7-9,11-12,16,20H,3-6,10H2. The fourth-order valence-electron chi connectivity index (χ4n) is 3.20. The summed E-state index contributed by atoms with van der Waals surface area (Å²) in [6.45, 7) is 0.943. The van der Waals surface area contributed by atoms with Gasteiger partial charge in [-0.25, -0.2) is 0 Å². The first kappa shape index (κ1) is 12.8. The molecule has 20 heavy (non-hydrogen) atoms. The highest BCUT2D eigenvalue weighted by Gasteiger charge is 2.40. The van der Waals surface area contributed by atoms with Gasteiger partial charge in [-0.3, -0.25) is 4.98 Å². The third kappa shape index (κ3) is 2.49. The summed E-state index contributed by atoms with van der Waals surface area (Å²) in [6.07, 6.45) is 7.58. The molecule has 0 radical (unpaired) electrons. The molecule has 0 unspecified atom stereocenters. The van der Waals surface area contributed by atoms with Crippen molar-refractivity contribution in [2.75, 3.05) is 0 Å². The van der Waals surface area contributed by atoms with E-state index in [0.29, 0.717) is 0 Å². The Labute approximate surface area is 128 Å². The quantitative estimate of drug-likeness (QED) is 0.885. The van der Waals surface area contributed by atoms with Gasteiger partial charge in [-0.05, 0) is 55.2 Å². The van der Waals surface area contributed by atoms with Crippen molar-refractivity contribution in [3.63, 3.8) is 0 Å². The Balaban J connectivity index is 1.57. The molecule has 2 aliphatic rings. The minimum atomic E-state index is 0.748. The molecule has 3 heteroatoms. The number of aromatic nitrogens is 1. The van der Waals surface area contributed by atoms with Gasteiger partial charge in [0.15, 0.2) is 0 Å². The van der Waals surface area contributed by atoms with Gasteiger partial charge in [0.25, 0.3) is 0 Å². The predicted molar refractivity (Wildman–Crippen MR) is 85.5 cm³/mol. The third-order valence-corrected chi connectivity index (χ3v) is 5.28. The molecule has 0 aliphatic heterocycles. The van der Waals surface area contributed by atoms with Crippen LogP contribution in [0.4, 0.5) is 0 Å². The van der Waals surface area contributed by atoms with E-state index in [4.69, 9.17) is 0 Å². The summed E-state index contributed by atoms with van der Waals surface area (Å²) in [4.78, 5) is 4.57. The Morgan fingerprint density at radius 1 is 1.15 bits per heavy atom. The molecule has 0 spiro atoms. The number of hydrogen-bond donors (Lipinski definition) is 1. The number of benzene rings is 1.